The topological polar surface area (TPSA) is 88.0 Å². The Kier molecular flexibility index (Phi) is 5.50. The van der Waals surface area contributed by atoms with Gasteiger partial charge in [-0.3, -0.25) is 20.4 Å². The molecule has 2 rings (SSSR count). The van der Waals surface area contributed by atoms with Crippen LogP contribution in [0.1, 0.15) is 44.2 Å². The molecule has 0 fully saturated rings. The van der Waals surface area contributed by atoms with Crippen molar-refractivity contribution in [2.75, 3.05) is 0 Å². The second-order valence-electron chi connectivity index (χ2n) is 5.94. The Morgan fingerprint density at radius 1 is 1.12 bits per heavy atom. The molecule has 0 aliphatic rings. The number of fused-ring (bicyclic) bond motifs is 1. The average Bonchev–Trinajstić information content (AvgIpc) is 2.52. The minimum atomic E-state index is -0.464. The predicted molar refractivity (Wildman–Crippen MR) is 97.9 cm³/mol. The van der Waals surface area contributed by atoms with Gasteiger partial charge in [0.2, 0.25) is 0 Å². The number of carbonyl (C=O) groups is 1. The second-order valence-corrected chi connectivity index (χ2v) is 6.35. The first-order valence-corrected chi connectivity index (χ1v) is 8.10. The van der Waals surface area contributed by atoms with Crippen LogP contribution >= 0.6 is 12.2 Å². The quantitative estimate of drug-likeness (QED) is 0.576. The van der Waals surface area contributed by atoms with Gasteiger partial charge in [-0.2, -0.15) is 5.10 Å². The lowest BCUT2D eigenvalue weighted by Gasteiger charge is -2.15. The Hall–Kier alpha value is -2.48. The summed E-state index contributed by atoms with van der Waals surface area (Å²) in [5.74, 6) is -0.464. The molecule has 24 heavy (non-hydrogen) atoms. The van der Waals surface area contributed by atoms with Crippen LogP contribution in [0.25, 0.3) is 10.8 Å². The van der Waals surface area contributed by atoms with Gasteiger partial charge in [-0.15, -0.1) is 0 Å². The number of nitrogens with zero attached hydrogens (tertiary/aromatic N) is 2. The molecule has 0 bridgehead atoms. The molecule has 0 aliphatic heterocycles. The fourth-order valence-electron chi connectivity index (χ4n) is 2.20. The van der Waals surface area contributed by atoms with Crippen LogP contribution in [0.3, 0.4) is 0 Å². The van der Waals surface area contributed by atoms with Crippen molar-refractivity contribution in [3.05, 3.63) is 40.3 Å². The molecule has 0 saturated carbocycles. The summed E-state index contributed by atoms with van der Waals surface area (Å²) < 4.78 is 1.31. The standard InChI is InChI=1S/C16H21N5O2S/c1-9(2)17-16(24)19-18-14(22)13-11-7-5-6-8-12(11)15(23)21(20-13)10(3)4/h5-10H,1-4H3,(H,18,22)(H2,17,19,24). The number of hydrazine groups is 1. The van der Waals surface area contributed by atoms with Crippen LogP contribution in [0, 0.1) is 0 Å². The predicted octanol–water partition coefficient (Wildman–Crippen LogP) is 1.49. The van der Waals surface area contributed by atoms with Crippen LogP contribution in [0.15, 0.2) is 29.1 Å². The number of thiocarbonyl (C=S) groups is 1. The maximum atomic E-state index is 12.5. The lowest BCUT2D eigenvalue weighted by Crippen LogP contribution is -2.49. The number of amides is 1. The molecular weight excluding hydrogens is 326 g/mol. The Labute approximate surface area is 145 Å². The summed E-state index contributed by atoms with van der Waals surface area (Å²) in [6.45, 7) is 7.54. The van der Waals surface area contributed by atoms with Crippen molar-refractivity contribution in [1.29, 1.82) is 0 Å². The van der Waals surface area contributed by atoms with Gasteiger partial charge in [0.1, 0.15) is 0 Å². The Morgan fingerprint density at radius 3 is 2.33 bits per heavy atom. The SMILES string of the molecule is CC(C)NC(=S)NNC(=O)c1nn(C(C)C)c(=O)c2ccccc12. The summed E-state index contributed by atoms with van der Waals surface area (Å²) in [5.41, 5.74) is 5.09. The van der Waals surface area contributed by atoms with Crippen molar-refractivity contribution in [2.45, 2.75) is 39.8 Å². The summed E-state index contributed by atoms with van der Waals surface area (Å²) in [5, 5.41) is 8.44. The number of benzene rings is 1. The molecule has 1 amide bonds. The first-order valence-electron chi connectivity index (χ1n) is 7.69. The van der Waals surface area contributed by atoms with Crippen molar-refractivity contribution in [3.63, 3.8) is 0 Å². The van der Waals surface area contributed by atoms with E-state index in [4.69, 9.17) is 12.2 Å². The summed E-state index contributed by atoms with van der Waals surface area (Å²) >= 11 is 5.07. The monoisotopic (exact) mass is 347 g/mol. The third-order valence-corrected chi connectivity index (χ3v) is 3.46. The fraction of sp³-hybridized carbons (Fsp3) is 0.375. The molecule has 1 aromatic carbocycles. The average molecular weight is 347 g/mol. The van der Waals surface area contributed by atoms with Gasteiger partial charge in [0.15, 0.2) is 10.8 Å². The molecule has 1 aromatic heterocycles. The highest BCUT2D eigenvalue weighted by Gasteiger charge is 2.17. The van der Waals surface area contributed by atoms with Crippen LogP contribution < -0.4 is 21.7 Å². The van der Waals surface area contributed by atoms with Crippen molar-refractivity contribution < 1.29 is 4.79 Å². The van der Waals surface area contributed by atoms with Crippen LogP contribution in [-0.2, 0) is 0 Å². The zero-order chi connectivity index (χ0) is 17.9. The van der Waals surface area contributed by atoms with Crippen LogP contribution in [-0.4, -0.2) is 26.8 Å². The Balaban J connectivity index is 2.37. The lowest BCUT2D eigenvalue weighted by atomic mass is 10.1. The van der Waals surface area contributed by atoms with Gasteiger partial charge in [-0.25, -0.2) is 4.68 Å². The van der Waals surface area contributed by atoms with Crippen molar-refractivity contribution in [3.8, 4) is 0 Å². The van der Waals surface area contributed by atoms with Crippen LogP contribution in [0.2, 0.25) is 0 Å². The molecule has 7 nitrogen and oxygen atoms in total. The molecule has 3 N–H and O–H groups in total. The van der Waals surface area contributed by atoms with E-state index in [-0.39, 0.29) is 23.3 Å². The molecule has 128 valence electrons. The molecule has 2 aromatic rings. The van der Waals surface area contributed by atoms with E-state index in [1.165, 1.54) is 4.68 Å². The van der Waals surface area contributed by atoms with E-state index in [1.807, 2.05) is 27.7 Å². The number of aromatic nitrogens is 2. The molecule has 0 spiro atoms. The zero-order valence-corrected chi connectivity index (χ0v) is 14.9. The Bertz CT molecular complexity index is 829. The van der Waals surface area contributed by atoms with Crippen molar-refractivity contribution in [2.24, 2.45) is 0 Å². The third-order valence-electron chi connectivity index (χ3n) is 3.24. The highest BCUT2D eigenvalue weighted by atomic mass is 32.1. The number of hydrogen-bond acceptors (Lipinski definition) is 4. The van der Waals surface area contributed by atoms with Gasteiger partial charge in [-0.05, 0) is 46.0 Å². The molecule has 0 saturated heterocycles. The van der Waals surface area contributed by atoms with Gasteiger partial charge in [0.05, 0.1) is 11.4 Å². The van der Waals surface area contributed by atoms with E-state index >= 15 is 0 Å². The van der Waals surface area contributed by atoms with E-state index in [9.17, 15) is 9.59 Å². The first kappa shape index (κ1) is 17.9. The van der Waals surface area contributed by atoms with E-state index in [0.717, 1.165) is 0 Å². The fourth-order valence-corrected chi connectivity index (χ4v) is 2.48. The smallest absolute Gasteiger partial charge is 0.290 e. The Morgan fingerprint density at radius 2 is 1.75 bits per heavy atom. The number of rotatable bonds is 3. The van der Waals surface area contributed by atoms with E-state index in [0.29, 0.717) is 15.9 Å². The highest BCUT2D eigenvalue weighted by Crippen LogP contribution is 2.14. The molecule has 1 heterocycles. The number of carbonyl (C=O) groups excluding carboxylic acids is 1. The highest BCUT2D eigenvalue weighted by molar-refractivity contribution is 7.80. The third kappa shape index (κ3) is 3.88. The van der Waals surface area contributed by atoms with Gasteiger partial charge in [-0.1, -0.05) is 18.2 Å². The van der Waals surface area contributed by atoms with Gasteiger partial charge in [0, 0.05) is 11.4 Å². The molecule has 0 atom stereocenters. The second kappa shape index (κ2) is 7.39. The maximum absolute atomic E-state index is 12.5. The molecule has 0 unspecified atom stereocenters. The molecule has 8 heteroatoms. The molecular formula is C16H21N5O2S. The molecule has 0 radical (unpaired) electrons. The summed E-state index contributed by atoms with van der Waals surface area (Å²) in [6.07, 6.45) is 0. The van der Waals surface area contributed by atoms with Gasteiger partial charge in [0.25, 0.3) is 11.5 Å². The van der Waals surface area contributed by atoms with Crippen LogP contribution in [0.5, 0.6) is 0 Å². The summed E-state index contributed by atoms with van der Waals surface area (Å²) in [4.78, 5) is 25.0. The maximum Gasteiger partial charge on any atom is 0.290 e. The number of nitrogens with one attached hydrogen (secondary N) is 3. The molecule has 0 aliphatic carbocycles. The number of hydrogen-bond donors (Lipinski definition) is 3. The lowest BCUT2D eigenvalue weighted by molar-refractivity contribution is 0.0937. The van der Waals surface area contributed by atoms with Crippen LogP contribution in [0.4, 0.5) is 0 Å². The minimum absolute atomic E-state index is 0.142. The summed E-state index contributed by atoms with van der Waals surface area (Å²) in [7, 11) is 0. The first-order chi connectivity index (χ1) is 11.3. The van der Waals surface area contributed by atoms with Gasteiger partial charge >= 0.3 is 0 Å². The van der Waals surface area contributed by atoms with E-state index in [1.54, 1.807) is 24.3 Å². The van der Waals surface area contributed by atoms with Crippen molar-refractivity contribution >= 4 is 34.0 Å². The largest absolute Gasteiger partial charge is 0.359 e. The van der Waals surface area contributed by atoms with Crippen molar-refractivity contribution in [1.82, 2.24) is 25.9 Å². The van der Waals surface area contributed by atoms with E-state index < -0.39 is 5.91 Å². The zero-order valence-electron chi connectivity index (χ0n) is 14.1. The van der Waals surface area contributed by atoms with E-state index in [2.05, 4.69) is 21.3 Å². The summed E-state index contributed by atoms with van der Waals surface area (Å²) in [6, 6.07) is 6.89. The van der Waals surface area contributed by atoms with Gasteiger partial charge < -0.3 is 5.32 Å². The normalized spacial score (nSPS) is 10.9. The minimum Gasteiger partial charge on any atom is -0.359 e.